The lowest BCUT2D eigenvalue weighted by Gasteiger charge is -2.25. The van der Waals surface area contributed by atoms with Crippen molar-refractivity contribution >= 4 is 0 Å². The largest absolute Gasteiger partial charge is 0.435 e. The molecule has 0 radical (unpaired) electrons. The predicted octanol–water partition coefficient (Wildman–Crippen LogP) is 4.64. The SMILES string of the molecule is C=CCOCC(O)CN(Cc1c(C)nn(-c2ccccc2)c1Oc1ccccc1F)C1CC1. The van der Waals surface area contributed by atoms with Crippen molar-refractivity contribution in [3.63, 3.8) is 0 Å². The molecule has 0 saturated heterocycles. The molecule has 1 N–H and O–H groups in total. The molecule has 7 heteroatoms. The molecule has 4 rings (SSSR count). The second-order valence-corrected chi connectivity index (χ2v) is 8.29. The smallest absolute Gasteiger partial charge is 0.227 e. The van der Waals surface area contributed by atoms with E-state index in [0.29, 0.717) is 31.6 Å². The van der Waals surface area contributed by atoms with Crippen molar-refractivity contribution in [2.45, 2.75) is 38.5 Å². The molecule has 33 heavy (non-hydrogen) atoms. The molecule has 1 aliphatic carbocycles. The zero-order valence-corrected chi connectivity index (χ0v) is 18.9. The third kappa shape index (κ3) is 5.87. The summed E-state index contributed by atoms with van der Waals surface area (Å²) in [6.45, 7) is 7.22. The highest BCUT2D eigenvalue weighted by molar-refractivity contribution is 5.43. The number of rotatable bonds is 12. The average Bonchev–Trinajstić information content (AvgIpc) is 3.62. The lowest BCUT2D eigenvalue weighted by Crippen LogP contribution is -2.36. The molecule has 1 saturated carbocycles. The number of ether oxygens (including phenoxy) is 2. The van der Waals surface area contributed by atoms with Gasteiger partial charge in [0.2, 0.25) is 5.88 Å². The summed E-state index contributed by atoms with van der Waals surface area (Å²) in [6, 6.07) is 16.4. The van der Waals surface area contributed by atoms with Gasteiger partial charge in [-0.1, -0.05) is 36.4 Å². The number of halogens is 1. The van der Waals surface area contributed by atoms with E-state index in [1.54, 1.807) is 29.0 Å². The summed E-state index contributed by atoms with van der Waals surface area (Å²) in [6.07, 6.45) is 3.20. The van der Waals surface area contributed by atoms with Gasteiger partial charge in [0, 0.05) is 19.1 Å². The number of aryl methyl sites for hydroxylation is 1. The first-order chi connectivity index (χ1) is 16.1. The molecule has 174 valence electrons. The molecule has 6 nitrogen and oxygen atoms in total. The number of hydrogen-bond acceptors (Lipinski definition) is 5. The summed E-state index contributed by atoms with van der Waals surface area (Å²) in [4.78, 5) is 2.23. The lowest BCUT2D eigenvalue weighted by atomic mass is 10.2. The third-order valence-electron chi connectivity index (χ3n) is 5.60. The minimum atomic E-state index is -0.619. The average molecular weight is 452 g/mol. The van der Waals surface area contributed by atoms with E-state index in [0.717, 1.165) is 29.8 Å². The van der Waals surface area contributed by atoms with Gasteiger partial charge in [0.1, 0.15) is 0 Å². The molecule has 1 unspecified atom stereocenters. The molecule has 0 aliphatic heterocycles. The van der Waals surface area contributed by atoms with Gasteiger partial charge in [-0.05, 0) is 44.0 Å². The van der Waals surface area contributed by atoms with Gasteiger partial charge in [0.15, 0.2) is 11.6 Å². The molecule has 1 aliphatic rings. The van der Waals surface area contributed by atoms with E-state index in [2.05, 4.69) is 11.5 Å². The number of aromatic nitrogens is 2. The Morgan fingerprint density at radius 1 is 1.21 bits per heavy atom. The van der Waals surface area contributed by atoms with Gasteiger partial charge in [-0.3, -0.25) is 4.90 Å². The van der Waals surface area contributed by atoms with Crippen molar-refractivity contribution in [3.05, 3.63) is 84.3 Å². The van der Waals surface area contributed by atoms with Crippen LogP contribution < -0.4 is 4.74 Å². The minimum Gasteiger partial charge on any atom is -0.435 e. The van der Waals surface area contributed by atoms with E-state index in [1.165, 1.54) is 6.07 Å². The maximum Gasteiger partial charge on any atom is 0.227 e. The lowest BCUT2D eigenvalue weighted by molar-refractivity contribution is 0.0226. The number of nitrogens with zero attached hydrogens (tertiary/aromatic N) is 3. The van der Waals surface area contributed by atoms with Crippen LogP contribution >= 0.6 is 0 Å². The van der Waals surface area contributed by atoms with Gasteiger partial charge in [-0.25, -0.2) is 9.07 Å². The maximum atomic E-state index is 14.4. The van der Waals surface area contributed by atoms with E-state index in [9.17, 15) is 9.50 Å². The monoisotopic (exact) mass is 451 g/mol. The summed E-state index contributed by atoms with van der Waals surface area (Å²) in [5, 5.41) is 15.2. The zero-order chi connectivity index (χ0) is 23.2. The van der Waals surface area contributed by atoms with Crippen LogP contribution in [0.15, 0.2) is 67.3 Å². The molecule has 1 aromatic heterocycles. The predicted molar refractivity (Wildman–Crippen MR) is 125 cm³/mol. The molecule has 0 spiro atoms. The van der Waals surface area contributed by atoms with Crippen LogP contribution in [0.5, 0.6) is 11.6 Å². The summed E-state index contributed by atoms with van der Waals surface area (Å²) >= 11 is 0. The van der Waals surface area contributed by atoms with Gasteiger partial charge >= 0.3 is 0 Å². The molecule has 1 atom stereocenters. The molecular formula is C26H30FN3O3. The summed E-state index contributed by atoms with van der Waals surface area (Å²) in [5.74, 6) is 0.189. The normalized spacial score (nSPS) is 14.4. The number of benzene rings is 2. The van der Waals surface area contributed by atoms with E-state index in [4.69, 9.17) is 14.6 Å². The van der Waals surface area contributed by atoms with Crippen molar-refractivity contribution in [2.24, 2.45) is 0 Å². The van der Waals surface area contributed by atoms with E-state index >= 15 is 0 Å². The fourth-order valence-corrected chi connectivity index (χ4v) is 3.80. The van der Waals surface area contributed by atoms with Crippen molar-refractivity contribution in [1.82, 2.24) is 14.7 Å². The quantitative estimate of drug-likeness (QED) is 0.321. The van der Waals surface area contributed by atoms with Crippen molar-refractivity contribution in [2.75, 3.05) is 19.8 Å². The zero-order valence-electron chi connectivity index (χ0n) is 18.9. The molecule has 0 bridgehead atoms. The van der Waals surface area contributed by atoms with E-state index < -0.39 is 11.9 Å². The fourth-order valence-electron chi connectivity index (χ4n) is 3.80. The van der Waals surface area contributed by atoms with Crippen LogP contribution in [-0.4, -0.2) is 51.7 Å². The molecular weight excluding hydrogens is 421 g/mol. The number of aliphatic hydroxyl groups is 1. The van der Waals surface area contributed by atoms with E-state index in [1.807, 2.05) is 37.3 Å². The molecule has 0 amide bonds. The second-order valence-electron chi connectivity index (χ2n) is 8.29. The summed E-state index contributed by atoms with van der Waals surface area (Å²) in [5.41, 5.74) is 2.50. The van der Waals surface area contributed by atoms with Crippen LogP contribution in [0.2, 0.25) is 0 Å². The second kappa shape index (κ2) is 10.7. The highest BCUT2D eigenvalue weighted by Gasteiger charge is 2.32. The standard InChI is InChI=1S/C26H30FN3O3/c1-3-15-32-18-22(31)16-29(20-13-14-20)17-23-19(2)28-30(21-9-5-4-6-10-21)26(23)33-25-12-8-7-11-24(25)27/h3-12,20,22,31H,1,13-18H2,2H3. The maximum absolute atomic E-state index is 14.4. The number of aliphatic hydroxyl groups excluding tert-OH is 1. The Morgan fingerprint density at radius 2 is 1.94 bits per heavy atom. The Balaban J connectivity index is 1.64. The first-order valence-electron chi connectivity index (χ1n) is 11.2. The van der Waals surface area contributed by atoms with E-state index in [-0.39, 0.29) is 12.4 Å². The third-order valence-corrected chi connectivity index (χ3v) is 5.60. The highest BCUT2D eigenvalue weighted by Crippen LogP contribution is 2.35. The Labute approximate surface area is 193 Å². The Kier molecular flexibility index (Phi) is 7.54. The number of hydrogen-bond donors (Lipinski definition) is 1. The van der Waals surface area contributed by atoms with Crippen LogP contribution in [0, 0.1) is 12.7 Å². The Morgan fingerprint density at radius 3 is 2.64 bits per heavy atom. The molecule has 3 aromatic rings. The van der Waals surface area contributed by atoms with Gasteiger partial charge in [-0.15, -0.1) is 6.58 Å². The summed E-state index contributed by atoms with van der Waals surface area (Å²) in [7, 11) is 0. The Bertz CT molecular complexity index is 1070. The van der Waals surface area contributed by atoms with Crippen molar-refractivity contribution < 1.29 is 19.0 Å². The van der Waals surface area contributed by atoms with Gasteiger partial charge in [0.05, 0.1) is 36.3 Å². The minimum absolute atomic E-state index is 0.145. The first kappa shape index (κ1) is 23.2. The van der Waals surface area contributed by atoms with Crippen LogP contribution in [0.4, 0.5) is 4.39 Å². The molecule has 2 aromatic carbocycles. The van der Waals surface area contributed by atoms with Crippen molar-refractivity contribution in [1.29, 1.82) is 0 Å². The van der Waals surface area contributed by atoms with Crippen LogP contribution in [-0.2, 0) is 11.3 Å². The van der Waals surface area contributed by atoms with Gasteiger partial charge in [-0.2, -0.15) is 5.10 Å². The highest BCUT2D eigenvalue weighted by atomic mass is 19.1. The van der Waals surface area contributed by atoms with Crippen molar-refractivity contribution in [3.8, 4) is 17.3 Å². The molecule has 1 heterocycles. The molecule has 1 fully saturated rings. The fraction of sp³-hybridized carbons (Fsp3) is 0.346. The van der Waals surface area contributed by atoms with Crippen LogP contribution in [0.25, 0.3) is 5.69 Å². The number of para-hydroxylation sites is 2. The van der Waals surface area contributed by atoms with Gasteiger partial charge < -0.3 is 14.6 Å². The Hall–Kier alpha value is -3.00. The van der Waals surface area contributed by atoms with Crippen LogP contribution in [0.1, 0.15) is 24.1 Å². The van der Waals surface area contributed by atoms with Crippen LogP contribution in [0.3, 0.4) is 0 Å². The first-order valence-corrected chi connectivity index (χ1v) is 11.2. The summed E-state index contributed by atoms with van der Waals surface area (Å²) < 4.78 is 27.7. The topological polar surface area (TPSA) is 59.8 Å². The van der Waals surface area contributed by atoms with Gasteiger partial charge in [0.25, 0.3) is 0 Å².